The lowest BCUT2D eigenvalue weighted by Crippen LogP contribution is -2.28. The van der Waals surface area contributed by atoms with E-state index >= 15 is 0 Å². The van der Waals surface area contributed by atoms with Gasteiger partial charge in [-0.05, 0) is 25.9 Å². The lowest BCUT2D eigenvalue weighted by atomic mass is 10.2. The molecule has 0 amide bonds. The molecule has 0 heterocycles. The van der Waals surface area contributed by atoms with Crippen molar-refractivity contribution in [2.24, 2.45) is 0 Å². The van der Waals surface area contributed by atoms with E-state index in [1.54, 1.807) is 0 Å². The third kappa shape index (κ3) is 6.62. The Morgan fingerprint density at radius 1 is 0.917 bits per heavy atom. The van der Waals surface area contributed by atoms with Crippen molar-refractivity contribution in [1.29, 1.82) is 0 Å². The Morgan fingerprint density at radius 2 is 1.67 bits per heavy atom. The topological polar surface area (TPSA) is 23.5 Å². The first kappa shape index (κ1) is 11.9. The molecule has 0 aliphatic rings. The molecule has 12 heavy (non-hydrogen) atoms. The molecule has 0 rings (SSSR count). The maximum atomic E-state index is 8.78. The number of aliphatic hydroxyl groups excluding tert-OH is 1. The summed E-state index contributed by atoms with van der Waals surface area (Å²) in [6, 6.07) is 0. The molecule has 0 fully saturated rings. The summed E-state index contributed by atoms with van der Waals surface area (Å²) in [5.74, 6) is 0. The van der Waals surface area contributed by atoms with Crippen LogP contribution in [0.15, 0.2) is 0 Å². The van der Waals surface area contributed by atoms with Gasteiger partial charge in [-0.15, -0.1) is 0 Å². The maximum absolute atomic E-state index is 8.78. The molecule has 74 valence electrons. The Balaban J connectivity index is 3.34. The SMILES string of the molecule is CCCCCN(CCC)CCO. The fraction of sp³-hybridized carbons (Fsp3) is 1.00. The molecule has 0 spiro atoms. The van der Waals surface area contributed by atoms with Crippen molar-refractivity contribution in [3.8, 4) is 0 Å². The summed E-state index contributed by atoms with van der Waals surface area (Å²) in [7, 11) is 0. The van der Waals surface area contributed by atoms with Crippen molar-refractivity contribution in [3.05, 3.63) is 0 Å². The summed E-state index contributed by atoms with van der Waals surface area (Å²) < 4.78 is 0. The zero-order valence-corrected chi connectivity index (χ0v) is 8.55. The molecule has 0 radical (unpaired) electrons. The highest BCUT2D eigenvalue weighted by Gasteiger charge is 2.00. The van der Waals surface area contributed by atoms with Gasteiger partial charge in [-0.25, -0.2) is 0 Å². The normalized spacial score (nSPS) is 11.0. The van der Waals surface area contributed by atoms with Gasteiger partial charge in [-0.1, -0.05) is 26.7 Å². The van der Waals surface area contributed by atoms with Crippen LogP contribution in [-0.4, -0.2) is 36.2 Å². The Bertz CT molecular complexity index is 79.9. The largest absolute Gasteiger partial charge is 0.395 e. The molecular formula is C10H23NO. The first-order valence-corrected chi connectivity index (χ1v) is 5.18. The molecular weight excluding hydrogens is 150 g/mol. The quantitative estimate of drug-likeness (QED) is 0.566. The van der Waals surface area contributed by atoms with Crippen molar-refractivity contribution in [2.45, 2.75) is 39.5 Å². The molecule has 0 saturated heterocycles. The van der Waals surface area contributed by atoms with E-state index in [1.165, 1.54) is 25.7 Å². The lowest BCUT2D eigenvalue weighted by molar-refractivity contribution is 0.193. The van der Waals surface area contributed by atoms with E-state index < -0.39 is 0 Å². The minimum atomic E-state index is 0.298. The monoisotopic (exact) mass is 173 g/mol. The van der Waals surface area contributed by atoms with Crippen molar-refractivity contribution in [3.63, 3.8) is 0 Å². The number of aliphatic hydroxyl groups is 1. The van der Waals surface area contributed by atoms with Crippen LogP contribution >= 0.6 is 0 Å². The Kier molecular flexibility index (Phi) is 8.95. The second-order valence-electron chi connectivity index (χ2n) is 3.27. The van der Waals surface area contributed by atoms with Crippen LogP contribution < -0.4 is 0 Å². The van der Waals surface area contributed by atoms with E-state index in [4.69, 9.17) is 5.11 Å². The molecule has 0 aliphatic carbocycles. The molecule has 0 saturated carbocycles. The van der Waals surface area contributed by atoms with Gasteiger partial charge >= 0.3 is 0 Å². The van der Waals surface area contributed by atoms with Crippen molar-refractivity contribution >= 4 is 0 Å². The molecule has 0 aromatic rings. The number of unbranched alkanes of at least 4 members (excludes halogenated alkanes) is 2. The van der Waals surface area contributed by atoms with Gasteiger partial charge in [0.1, 0.15) is 0 Å². The average Bonchev–Trinajstić information content (AvgIpc) is 2.06. The second-order valence-corrected chi connectivity index (χ2v) is 3.27. The summed E-state index contributed by atoms with van der Waals surface area (Å²) in [6.07, 6.45) is 5.05. The number of hydrogen-bond acceptors (Lipinski definition) is 2. The summed E-state index contributed by atoms with van der Waals surface area (Å²) in [5, 5.41) is 8.78. The van der Waals surface area contributed by atoms with E-state index in [1.807, 2.05) is 0 Å². The smallest absolute Gasteiger partial charge is 0.0558 e. The van der Waals surface area contributed by atoms with Crippen LogP contribution in [-0.2, 0) is 0 Å². The van der Waals surface area contributed by atoms with Crippen LogP contribution in [0.5, 0.6) is 0 Å². The van der Waals surface area contributed by atoms with Gasteiger partial charge in [0.05, 0.1) is 6.61 Å². The fourth-order valence-electron chi connectivity index (χ4n) is 1.38. The zero-order chi connectivity index (χ0) is 9.23. The summed E-state index contributed by atoms with van der Waals surface area (Å²) >= 11 is 0. The molecule has 0 aliphatic heterocycles. The van der Waals surface area contributed by atoms with Crippen LogP contribution in [0.4, 0.5) is 0 Å². The van der Waals surface area contributed by atoms with E-state index in [-0.39, 0.29) is 0 Å². The van der Waals surface area contributed by atoms with Gasteiger partial charge in [-0.3, -0.25) is 0 Å². The van der Waals surface area contributed by atoms with Gasteiger partial charge in [0.25, 0.3) is 0 Å². The van der Waals surface area contributed by atoms with Crippen molar-refractivity contribution in [1.82, 2.24) is 4.90 Å². The minimum Gasteiger partial charge on any atom is -0.395 e. The van der Waals surface area contributed by atoms with Crippen molar-refractivity contribution in [2.75, 3.05) is 26.2 Å². The van der Waals surface area contributed by atoms with Crippen molar-refractivity contribution < 1.29 is 5.11 Å². The van der Waals surface area contributed by atoms with Gasteiger partial charge < -0.3 is 10.0 Å². The molecule has 0 bridgehead atoms. The highest BCUT2D eigenvalue weighted by atomic mass is 16.3. The predicted molar refractivity (Wildman–Crippen MR) is 53.3 cm³/mol. The molecule has 1 N–H and O–H groups in total. The van der Waals surface area contributed by atoms with Crippen LogP contribution in [0.1, 0.15) is 39.5 Å². The standard InChI is InChI=1S/C10H23NO/c1-3-5-6-8-11(7-4-2)9-10-12/h12H,3-10H2,1-2H3. The van der Waals surface area contributed by atoms with Gasteiger partial charge in [0, 0.05) is 6.54 Å². The predicted octanol–water partition coefficient (Wildman–Crippen LogP) is 1.88. The van der Waals surface area contributed by atoms with Gasteiger partial charge in [0.15, 0.2) is 0 Å². The maximum Gasteiger partial charge on any atom is 0.0558 e. The molecule has 2 heteroatoms. The van der Waals surface area contributed by atoms with Crippen LogP contribution in [0.3, 0.4) is 0 Å². The fourth-order valence-corrected chi connectivity index (χ4v) is 1.38. The highest BCUT2D eigenvalue weighted by Crippen LogP contribution is 1.98. The van der Waals surface area contributed by atoms with Crippen LogP contribution in [0.2, 0.25) is 0 Å². The minimum absolute atomic E-state index is 0.298. The molecule has 0 aromatic carbocycles. The van der Waals surface area contributed by atoms with Crippen LogP contribution in [0, 0.1) is 0 Å². The summed E-state index contributed by atoms with van der Waals surface area (Å²) in [5.41, 5.74) is 0. The highest BCUT2D eigenvalue weighted by molar-refractivity contribution is 4.55. The second kappa shape index (κ2) is 9.01. The molecule has 2 nitrogen and oxygen atoms in total. The number of hydrogen-bond donors (Lipinski definition) is 1. The number of nitrogens with zero attached hydrogens (tertiary/aromatic N) is 1. The van der Waals surface area contributed by atoms with E-state index in [2.05, 4.69) is 18.7 Å². The first-order chi connectivity index (χ1) is 5.85. The number of rotatable bonds is 8. The Labute approximate surface area is 76.6 Å². The average molecular weight is 173 g/mol. The van der Waals surface area contributed by atoms with E-state index in [0.29, 0.717) is 6.61 Å². The molecule has 0 aromatic heterocycles. The zero-order valence-electron chi connectivity index (χ0n) is 8.55. The first-order valence-electron chi connectivity index (χ1n) is 5.18. The summed E-state index contributed by atoms with van der Waals surface area (Å²) in [6.45, 7) is 7.83. The molecule has 0 atom stereocenters. The third-order valence-corrected chi connectivity index (χ3v) is 2.03. The van der Waals surface area contributed by atoms with E-state index in [0.717, 1.165) is 19.6 Å². The Hall–Kier alpha value is -0.0800. The van der Waals surface area contributed by atoms with Gasteiger partial charge in [0.2, 0.25) is 0 Å². The van der Waals surface area contributed by atoms with Crippen LogP contribution in [0.25, 0.3) is 0 Å². The molecule has 0 unspecified atom stereocenters. The summed E-state index contributed by atoms with van der Waals surface area (Å²) in [4.78, 5) is 2.34. The lowest BCUT2D eigenvalue weighted by Gasteiger charge is -2.19. The van der Waals surface area contributed by atoms with Gasteiger partial charge in [-0.2, -0.15) is 0 Å². The third-order valence-electron chi connectivity index (χ3n) is 2.03. The van der Waals surface area contributed by atoms with E-state index in [9.17, 15) is 0 Å². The Morgan fingerprint density at radius 3 is 2.17 bits per heavy atom.